The third-order valence-electron chi connectivity index (χ3n) is 2.60. The number of rotatable bonds is 5. The van der Waals surface area contributed by atoms with E-state index in [0.717, 1.165) is 15.0 Å². The zero-order valence-corrected chi connectivity index (χ0v) is 13.7. The van der Waals surface area contributed by atoms with E-state index in [1.165, 1.54) is 11.3 Å². The molecule has 20 heavy (non-hydrogen) atoms. The number of ether oxygens (including phenoxy) is 1. The zero-order chi connectivity index (χ0) is 14.7. The Hall–Kier alpha value is -1.24. The minimum absolute atomic E-state index is 0.421. The van der Waals surface area contributed by atoms with Crippen molar-refractivity contribution in [3.8, 4) is 5.75 Å². The number of methoxy groups -OCH3 is 1. The average molecular weight is 376 g/mol. The van der Waals surface area contributed by atoms with Crippen molar-refractivity contribution in [1.82, 2.24) is 0 Å². The summed E-state index contributed by atoms with van der Waals surface area (Å²) in [7, 11) is 1.59. The molecule has 0 atom stereocenters. The Morgan fingerprint density at radius 2 is 2.25 bits per heavy atom. The molecule has 0 aliphatic carbocycles. The van der Waals surface area contributed by atoms with Gasteiger partial charge in [0.05, 0.1) is 22.8 Å². The summed E-state index contributed by atoms with van der Waals surface area (Å²) in [5.74, 6) is 0.261. The van der Waals surface area contributed by atoms with Gasteiger partial charge in [0, 0.05) is 21.8 Å². The number of carbonyl (C=O) groups excluding carboxylic acids is 1. The van der Waals surface area contributed by atoms with E-state index >= 15 is 0 Å². The Morgan fingerprint density at radius 1 is 1.50 bits per heavy atom. The van der Waals surface area contributed by atoms with Crippen molar-refractivity contribution in [2.45, 2.75) is 6.54 Å². The Morgan fingerprint density at radius 3 is 2.85 bits per heavy atom. The van der Waals surface area contributed by atoms with Gasteiger partial charge in [-0.3, -0.25) is 4.79 Å². The molecule has 1 aromatic heterocycles. The maximum absolute atomic E-state index is 11.0. The van der Waals surface area contributed by atoms with Crippen LogP contribution in [0.1, 0.15) is 15.2 Å². The van der Waals surface area contributed by atoms with E-state index in [4.69, 9.17) is 22.1 Å². The van der Waals surface area contributed by atoms with Crippen molar-refractivity contribution in [2.75, 3.05) is 12.4 Å². The minimum atomic E-state index is -0.421. The fourth-order valence-electron chi connectivity index (χ4n) is 1.68. The maximum Gasteiger partial charge on any atom is 0.249 e. The van der Waals surface area contributed by atoms with Crippen molar-refractivity contribution in [2.24, 2.45) is 5.73 Å². The molecule has 0 fully saturated rings. The van der Waals surface area contributed by atoms with Crippen LogP contribution in [-0.2, 0) is 6.54 Å². The molecule has 1 aromatic carbocycles. The van der Waals surface area contributed by atoms with Crippen molar-refractivity contribution < 1.29 is 9.53 Å². The number of hydrogen-bond donors (Lipinski definition) is 2. The van der Waals surface area contributed by atoms with Crippen LogP contribution in [0.3, 0.4) is 0 Å². The van der Waals surface area contributed by atoms with Crippen LogP contribution >= 0.6 is 38.9 Å². The molecule has 0 spiro atoms. The Kier molecular flexibility index (Phi) is 4.91. The molecule has 1 amide bonds. The number of primary amides is 1. The first kappa shape index (κ1) is 15.2. The van der Waals surface area contributed by atoms with E-state index in [1.807, 2.05) is 0 Å². The van der Waals surface area contributed by atoms with Gasteiger partial charge < -0.3 is 15.8 Å². The summed E-state index contributed by atoms with van der Waals surface area (Å²) in [6.07, 6.45) is 0. The molecule has 7 heteroatoms. The average Bonchev–Trinajstić information content (AvgIpc) is 2.84. The van der Waals surface area contributed by atoms with Gasteiger partial charge in [-0.05, 0) is 34.1 Å². The van der Waals surface area contributed by atoms with Gasteiger partial charge in [0.1, 0.15) is 0 Å². The molecule has 2 aromatic rings. The van der Waals surface area contributed by atoms with Gasteiger partial charge in [0.2, 0.25) is 5.91 Å². The molecule has 0 saturated heterocycles. The fraction of sp³-hybridized carbons (Fsp3) is 0.154. The van der Waals surface area contributed by atoms with Crippen LogP contribution < -0.4 is 15.8 Å². The first-order valence-electron chi connectivity index (χ1n) is 5.65. The second kappa shape index (κ2) is 6.47. The first-order chi connectivity index (χ1) is 9.51. The van der Waals surface area contributed by atoms with E-state index in [9.17, 15) is 4.79 Å². The summed E-state index contributed by atoms with van der Waals surface area (Å²) in [5.41, 5.74) is 6.52. The van der Waals surface area contributed by atoms with Gasteiger partial charge in [0.15, 0.2) is 5.75 Å². The van der Waals surface area contributed by atoms with Crippen LogP contribution in [0.25, 0.3) is 0 Å². The summed E-state index contributed by atoms with van der Waals surface area (Å²) in [4.78, 5) is 12.0. The predicted octanol–water partition coefficient (Wildman–Crippen LogP) is 3.88. The van der Waals surface area contributed by atoms with Crippen molar-refractivity contribution in [3.05, 3.63) is 43.5 Å². The molecule has 0 radical (unpaired) electrons. The van der Waals surface area contributed by atoms with Crippen LogP contribution in [-0.4, -0.2) is 13.0 Å². The minimum Gasteiger partial charge on any atom is -0.493 e. The highest BCUT2D eigenvalue weighted by molar-refractivity contribution is 9.10. The second-order valence-corrected chi connectivity index (χ2v) is 6.27. The lowest BCUT2D eigenvalue weighted by Crippen LogP contribution is -2.09. The summed E-state index contributed by atoms with van der Waals surface area (Å²) < 4.78 is 6.10. The standard InChI is InChI=1S/C13H12BrClN2O2S/c1-19-12-10(14)3-8(15)4-11(12)17-5-9-2-7(6-20-9)13(16)18/h2-4,6,17H,5H2,1H3,(H2,16,18). The zero-order valence-electron chi connectivity index (χ0n) is 10.6. The van der Waals surface area contributed by atoms with E-state index in [2.05, 4.69) is 21.2 Å². The summed E-state index contributed by atoms with van der Waals surface area (Å²) >= 11 is 10.9. The molecule has 0 bridgehead atoms. The normalized spacial score (nSPS) is 10.3. The second-order valence-electron chi connectivity index (χ2n) is 3.99. The number of nitrogens with one attached hydrogen (secondary N) is 1. The molecule has 3 N–H and O–H groups in total. The lowest BCUT2D eigenvalue weighted by Gasteiger charge is -2.12. The van der Waals surface area contributed by atoms with Crippen LogP contribution in [0.2, 0.25) is 5.02 Å². The molecule has 4 nitrogen and oxygen atoms in total. The summed E-state index contributed by atoms with van der Waals surface area (Å²) in [6, 6.07) is 5.32. The maximum atomic E-state index is 11.0. The Bertz CT molecular complexity index is 645. The molecule has 2 rings (SSSR count). The number of thiophene rings is 1. The molecule has 0 saturated carbocycles. The van der Waals surface area contributed by atoms with Crippen LogP contribution in [0.5, 0.6) is 5.75 Å². The Labute approximate surface area is 134 Å². The molecular weight excluding hydrogens is 364 g/mol. The SMILES string of the molecule is COc1c(Br)cc(Cl)cc1NCc1cc(C(N)=O)cs1. The summed E-state index contributed by atoms with van der Waals surface area (Å²) in [5, 5.41) is 5.57. The first-order valence-corrected chi connectivity index (χ1v) is 7.70. The highest BCUT2D eigenvalue weighted by Crippen LogP contribution is 2.36. The largest absolute Gasteiger partial charge is 0.493 e. The fourth-order valence-corrected chi connectivity index (χ4v) is 3.47. The van der Waals surface area contributed by atoms with Gasteiger partial charge >= 0.3 is 0 Å². The van der Waals surface area contributed by atoms with Crippen LogP contribution in [0.15, 0.2) is 28.1 Å². The molecule has 0 unspecified atom stereocenters. The van der Waals surface area contributed by atoms with Gasteiger partial charge in [-0.1, -0.05) is 11.6 Å². The number of carbonyl (C=O) groups is 1. The van der Waals surface area contributed by atoms with E-state index < -0.39 is 5.91 Å². The number of benzene rings is 1. The van der Waals surface area contributed by atoms with Crippen molar-refractivity contribution in [1.29, 1.82) is 0 Å². The third-order valence-corrected chi connectivity index (χ3v) is 4.35. The molecule has 106 valence electrons. The highest BCUT2D eigenvalue weighted by atomic mass is 79.9. The van der Waals surface area contributed by atoms with E-state index in [0.29, 0.717) is 22.9 Å². The molecule has 0 aliphatic heterocycles. The third kappa shape index (κ3) is 3.45. The topological polar surface area (TPSA) is 64.3 Å². The lowest BCUT2D eigenvalue weighted by molar-refractivity contribution is 0.100. The van der Waals surface area contributed by atoms with Crippen LogP contribution in [0.4, 0.5) is 5.69 Å². The quantitative estimate of drug-likeness (QED) is 0.833. The van der Waals surface area contributed by atoms with Crippen LogP contribution in [0, 0.1) is 0 Å². The number of hydrogen-bond acceptors (Lipinski definition) is 4. The van der Waals surface area contributed by atoms with Gasteiger partial charge in [0.25, 0.3) is 0 Å². The smallest absolute Gasteiger partial charge is 0.249 e. The monoisotopic (exact) mass is 374 g/mol. The highest BCUT2D eigenvalue weighted by Gasteiger charge is 2.10. The molecular formula is C13H12BrClN2O2S. The van der Waals surface area contributed by atoms with Crippen molar-refractivity contribution in [3.63, 3.8) is 0 Å². The number of amides is 1. The number of anilines is 1. The van der Waals surface area contributed by atoms with E-state index in [-0.39, 0.29) is 0 Å². The molecule has 1 heterocycles. The summed E-state index contributed by atoms with van der Waals surface area (Å²) in [6.45, 7) is 0.557. The van der Waals surface area contributed by atoms with Gasteiger partial charge in [-0.25, -0.2) is 0 Å². The molecule has 0 aliphatic rings. The van der Waals surface area contributed by atoms with Gasteiger partial charge in [-0.15, -0.1) is 11.3 Å². The number of halogens is 2. The Balaban J connectivity index is 2.15. The van der Waals surface area contributed by atoms with Gasteiger partial charge in [-0.2, -0.15) is 0 Å². The predicted molar refractivity (Wildman–Crippen MR) is 85.9 cm³/mol. The number of nitrogens with two attached hydrogens (primary N) is 1. The van der Waals surface area contributed by atoms with Crippen molar-refractivity contribution >= 4 is 50.5 Å². The lowest BCUT2D eigenvalue weighted by atomic mass is 10.2. The van der Waals surface area contributed by atoms with E-state index in [1.54, 1.807) is 30.7 Å².